The third-order valence-corrected chi connectivity index (χ3v) is 3.52. The number of aryl methyl sites for hydroxylation is 1. The van der Waals surface area contributed by atoms with Crippen LogP contribution in [0.4, 0.5) is 0 Å². The van der Waals surface area contributed by atoms with Gasteiger partial charge in [-0.15, -0.1) is 0 Å². The molecule has 0 amide bonds. The first-order valence-electron chi connectivity index (χ1n) is 6.89. The van der Waals surface area contributed by atoms with E-state index >= 15 is 0 Å². The fourth-order valence-corrected chi connectivity index (χ4v) is 2.32. The van der Waals surface area contributed by atoms with Gasteiger partial charge in [0, 0.05) is 0 Å². The monoisotopic (exact) mass is 248 g/mol. The Morgan fingerprint density at radius 1 is 1.33 bits per heavy atom. The third-order valence-electron chi connectivity index (χ3n) is 3.52. The van der Waals surface area contributed by atoms with Crippen LogP contribution in [0.5, 0.6) is 5.75 Å². The lowest BCUT2D eigenvalue weighted by molar-refractivity contribution is 0.155. The molecule has 2 rings (SSSR count). The summed E-state index contributed by atoms with van der Waals surface area (Å²) in [7, 11) is 0. The minimum Gasteiger partial charge on any atom is -0.494 e. The van der Waals surface area contributed by atoms with Crippen LogP contribution in [0.2, 0.25) is 0 Å². The third kappa shape index (κ3) is 3.49. The molecule has 0 radical (unpaired) electrons. The fraction of sp³-hybridized carbons (Fsp3) is 0.625. The Hall–Kier alpha value is -1.02. The van der Waals surface area contributed by atoms with Gasteiger partial charge in [0.2, 0.25) is 0 Å². The molecule has 1 atom stereocenters. The number of hydrogen-bond acceptors (Lipinski definition) is 2. The average molecular weight is 248 g/mol. The van der Waals surface area contributed by atoms with E-state index in [4.69, 9.17) is 4.74 Å². The summed E-state index contributed by atoms with van der Waals surface area (Å²) in [5.74, 6) is 0.888. The largest absolute Gasteiger partial charge is 0.494 e. The van der Waals surface area contributed by atoms with Gasteiger partial charge in [0.05, 0.1) is 12.7 Å². The summed E-state index contributed by atoms with van der Waals surface area (Å²) in [6.07, 6.45) is 3.76. The summed E-state index contributed by atoms with van der Waals surface area (Å²) in [6.45, 7) is 7.38. The number of hydrogen-bond donors (Lipinski definition) is 1. The number of rotatable bonds is 3. The van der Waals surface area contributed by atoms with Crippen molar-refractivity contribution in [1.29, 1.82) is 0 Å². The van der Waals surface area contributed by atoms with Crippen molar-refractivity contribution in [3.05, 3.63) is 29.3 Å². The minimum absolute atomic E-state index is 0.299. The molecular formula is C16H24O2. The van der Waals surface area contributed by atoms with Gasteiger partial charge in [-0.05, 0) is 54.4 Å². The number of benzene rings is 1. The zero-order valence-corrected chi connectivity index (χ0v) is 11.7. The first-order chi connectivity index (χ1) is 8.46. The quantitative estimate of drug-likeness (QED) is 0.880. The maximum Gasteiger partial charge on any atom is 0.119 e. The summed E-state index contributed by atoms with van der Waals surface area (Å²) < 4.78 is 5.79. The first-order valence-corrected chi connectivity index (χ1v) is 6.89. The summed E-state index contributed by atoms with van der Waals surface area (Å²) in [5, 5.41) is 9.98. The summed E-state index contributed by atoms with van der Waals surface area (Å²) in [6, 6.07) is 6.14. The van der Waals surface area contributed by atoms with Crippen molar-refractivity contribution in [2.45, 2.75) is 52.6 Å². The maximum absolute atomic E-state index is 9.98. The Kier molecular flexibility index (Phi) is 3.96. The van der Waals surface area contributed by atoms with Crippen molar-refractivity contribution < 1.29 is 9.84 Å². The smallest absolute Gasteiger partial charge is 0.119 e. The van der Waals surface area contributed by atoms with Crippen LogP contribution in [0.25, 0.3) is 0 Å². The molecule has 1 N–H and O–H groups in total. The number of aliphatic hydroxyl groups excluding tert-OH is 1. The molecule has 2 nitrogen and oxygen atoms in total. The van der Waals surface area contributed by atoms with Crippen molar-refractivity contribution in [3.63, 3.8) is 0 Å². The van der Waals surface area contributed by atoms with E-state index in [9.17, 15) is 5.11 Å². The molecule has 1 aromatic rings. The van der Waals surface area contributed by atoms with Gasteiger partial charge in [0.25, 0.3) is 0 Å². The maximum atomic E-state index is 9.98. The fourth-order valence-electron chi connectivity index (χ4n) is 2.32. The lowest BCUT2D eigenvalue weighted by Crippen LogP contribution is -2.12. The lowest BCUT2D eigenvalue weighted by Gasteiger charge is -2.22. The Morgan fingerprint density at radius 3 is 2.83 bits per heavy atom. The molecule has 0 saturated heterocycles. The Morgan fingerprint density at radius 2 is 2.11 bits per heavy atom. The average Bonchev–Trinajstić information content (AvgIpc) is 2.28. The molecule has 0 saturated carbocycles. The molecule has 0 aromatic heterocycles. The first kappa shape index (κ1) is 13.4. The van der Waals surface area contributed by atoms with Gasteiger partial charge in [-0.1, -0.05) is 26.8 Å². The van der Waals surface area contributed by atoms with E-state index in [1.54, 1.807) is 0 Å². The number of fused-ring (bicyclic) bond motifs is 1. The molecule has 100 valence electrons. The highest BCUT2D eigenvalue weighted by molar-refractivity contribution is 5.38. The second kappa shape index (κ2) is 5.31. The van der Waals surface area contributed by atoms with Crippen LogP contribution in [0.15, 0.2) is 18.2 Å². The highest BCUT2D eigenvalue weighted by Gasteiger charge is 2.18. The van der Waals surface area contributed by atoms with Crippen LogP contribution in [0.1, 0.15) is 57.3 Å². The van der Waals surface area contributed by atoms with Gasteiger partial charge < -0.3 is 9.84 Å². The second-order valence-electron chi connectivity index (χ2n) is 6.43. The van der Waals surface area contributed by atoms with E-state index in [1.165, 1.54) is 5.56 Å². The predicted molar refractivity (Wildman–Crippen MR) is 73.9 cm³/mol. The Bertz CT molecular complexity index is 404. The van der Waals surface area contributed by atoms with E-state index < -0.39 is 0 Å². The van der Waals surface area contributed by atoms with Crippen LogP contribution < -0.4 is 4.74 Å². The van der Waals surface area contributed by atoms with Crippen LogP contribution in [0.3, 0.4) is 0 Å². The van der Waals surface area contributed by atoms with Gasteiger partial charge in [-0.2, -0.15) is 0 Å². The second-order valence-corrected chi connectivity index (χ2v) is 6.43. The van der Waals surface area contributed by atoms with Crippen LogP contribution in [-0.4, -0.2) is 11.7 Å². The topological polar surface area (TPSA) is 29.5 Å². The highest BCUT2D eigenvalue weighted by atomic mass is 16.5. The summed E-state index contributed by atoms with van der Waals surface area (Å²) in [4.78, 5) is 0. The molecule has 1 aromatic carbocycles. The molecule has 0 unspecified atom stereocenters. The van der Waals surface area contributed by atoms with Crippen LogP contribution >= 0.6 is 0 Å². The van der Waals surface area contributed by atoms with Gasteiger partial charge in [0.1, 0.15) is 5.75 Å². The standard InChI is InChI=1S/C16H24O2/c1-16(2,3)9-10-18-13-8-7-12-5-4-6-15(17)14(12)11-13/h7-8,11,15,17H,4-6,9-10H2,1-3H3/t15-/m1/s1. The van der Waals surface area contributed by atoms with Crippen molar-refractivity contribution in [2.75, 3.05) is 6.61 Å². The van der Waals surface area contributed by atoms with Crippen molar-refractivity contribution in [3.8, 4) is 5.75 Å². The van der Waals surface area contributed by atoms with Gasteiger partial charge in [0.15, 0.2) is 0 Å². The molecule has 1 aliphatic rings. The minimum atomic E-state index is -0.306. The molecule has 18 heavy (non-hydrogen) atoms. The molecule has 0 heterocycles. The van der Waals surface area contributed by atoms with E-state index in [1.807, 2.05) is 12.1 Å². The predicted octanol–water partition coefficient (Wildman–Crippen LogP) is 3.87. The Labute approximate surface area is 110 Å². The normalized spacial score (nSPS) is 19.4. The van der Waals surface area contributed by atoms with Gasteiger partial charge in [-0.3, -0.25) is 0 Å². The summed E-state index contributed by atoms with van der Waals surface area (Å²) in [5.41, 5.74) is 2.64. The summed E-state index contributed by atoms with van der Waals surface area (Å²) >= 11 is 0. The molecule has 0 aliphatic heterocycles. The van der Waals surface area contributed by atoms with Crippen LogP contribution in [0, 0.1) is 5.41 Å². The SMILES string of the molecule is CC(C)(C)CCOc1ccc2c(c1)[C@H](O)CCC2. The number of ether oxygens (including phenoxy) is 1. The van der Waals surface area contributed by atoms with Crippen LogP contribution in [-0.2, 0) is 6.42 Å². The Balaban J connectivity index is 2.00. The molecule has 0 bridgehead atoms. The van der Waals surface area contributed by atoms with Gasteiger partial charge in [-0.25, -0.2) is 0 Å². The molecule has 0 spiro atoms. The molecule has 2 heteroatoms. The molecular weight excluding hydrogens is 224 g/mol. The van der Waals surface area contributed by atoms with Gasteiger partial charge >= 0.3 is 0 Å². The molecule has 1 aliphatic carbocycles. The van der Waals surface area contributed by atoms with Crippen molar-refractivity contribution in [2.24, 2.45) is 5.41 Å². The van der Waals surface area contributed by atoms with Crippen molar-refractivity contribution in [1.82, 2.24) is 0 Å². The van der Waals surface area contributed by atoms with E-state index in [-0.39, 0.29) is 6.10 Å². The molecule has 0 fully saturated rings. The van der Waals surface area contributed by atoms with Crippen molar-refractivity contribution >= 4 is 0 Å². The van der Waals surface area contributed by atoms with E-state index in [2.05, 4.69) is 26.8 Å². The number of aliphatic hydroxyl groups is 1. The van der Waals surface area contributed by atoms with E-state index in [0.29, 0.717) is 5.41 Å². The van der Waals surface area contributed by atoms with E-state index in [0.717, 1.165) is 43.6 Å². The lowest BCUT2D eigenvalue weighted by atomic mass is 9.89. The zero-order valence-electron chi connectivity index (χ0n) is 11.7. The zero-order chi connectivity index (χ0) is 13.2. The highest BCUT2D eigenvalue weighted by Crippen LogP contribution is 2.32.